The Hall–Kier alpha value is -2.50. The molecule has 0 atom stereocenters. The number of likely N-dealkylation sites (tertiary alicyclic amines) is 1. The lowest BCUT2D eigenvalue weighted by Crippen LogP contribution is -2.38. The summed E-state index contributed by atoms with van der Waals surface area (Å²) in [6, 6.07) is 4.20. The third-order valence-electron chi connectivity index (χ3n) is 4.30. The highest BCUT2D eigenvalue weighted by atomic mass is 16.2. The van der Waals surface area contributed by atoms with Crippen LogP contribution < -0.4 is 4.90 Å². The van der Waals surface area contributed by atoms with Crippen LogP contribution in [0.5, 0.6) is 0 Å². The van der Waals surface area contributed by atoms with Crippen molar-refractivity contribution in [2.75, 3.05) is 32.1 Å². The first-order valence-electron chi connectivity index (χ1n) is 7.82. The Morgan fingerprint density at radius 2 is 1.83 bits per heavy atom. The Balaban J connectivity index is 1.61. The van der Waals surface area contributed by atoms with Gasteiger partial charge in [-0.15, -0.1) is 0 Å². The first kappa shape index (κ1) is 15.4. The second-order valence-corrected chi connectivity index (χ2v) is 6.03. The molecule has 1 fully saturated rings. The summed E-state index contributed by atoms with van der Waals surface area (Å²) in [6.45, 7) is 1.49. The average Bonchev–Trinajstić information content (AvgIpc) is 2.62. The van der Waals surface area contributed by atoms with Gasteiger partial charge in [0.2, 0.25) is 0 Å². The van der Waals surface area contributed by atoms with Crippen LogP contribution in [0.25, 0.3) is 0 Å². The molecule has 1 saturated heterocycles. The van der Waals surface area contributed by atoms with E-state index in [1.165, 1.54) is 6.33 Å². The standard InChI is InChI=1S/C17H21N5O/c1-21(2)15-3-4-16(20-11-15)13-5-7-22(8-6-13)17(23)14-9-18-12-19-10-14/h3-4,9-13H,5-8H2,1-2H3. The topological polar surface area (TPSA) is 62.2 Å². The number of piperidine rings is 1. The van der Waals surface area contributed by atoms with E-state index in [4.69, 9.17) is 0 Å². The lowest BCUT2D eigenvalue weighted by atomic mass is 9.92. The van der Waals surface area contributed by atoms with Gasteiger partial charge in [0.15, 0.2) is 0 Å². The zero-order valence-corrected chi connectivity index (χ0v) is 13.5. The normalized spacial score (nSPS) is 15.5. The quantitative estimate of drug-likeness (QED) is 0.867. The summed E-state index contributed by atoms with van der Waals surface area (Å²) in [7, 11) is 4.02. The second kappa shape index (κ2) is 6.73. The molecular weight excluding hydrogens is 290 g/mol. The summed E-state index contributed by atoms with van der Waals surface area (Å²) in [5.74, 6) is 0.433. The molecule has 0 bridgehead atoms. The number of hydrogen-bond donors (Lipinski definition) is 0. The van der Waals surface area contributed by atoms with Crippen molar-refractivity contribution in [1.29, 1.82) is 0 Å². The van der Waals surface area contributed by atoms with E-state index in [0.29, 0.717) is 11.5 Å². The van der Waals surface area contributed by atoms with E-state index in [1.807, 2.05) is 30.1 Å². The third-order valence-corrected chi connectivity index (χ3v) is 4.30. The van der Waals surface area contributed by atoms with Crippen LogP contribution in [-0.2, 0) is 0 Å². The fraction of sp³-hybridized carbons (Fsp3) is 0.412. The summed E-state index contributed by atoms with van der Waals surface area (Å²) in [4.78, 5) is 28.7. The zero-order chi connectivity index (χ0) is 16.2. The van der Waals surface area contributed by atoms with Crippen LogP contribution >= 0.6 is 0 Å². The van der Waals surface area contributed by atoms with Gasteiger partial charge in [0.1, 0.15) is 6.33 Å². The van der Waals surface area contributed by atoms with E-state index in [1.54, 1.807) is 12.4 Å². The van der Waals surface area contributed by atoms with E-state index in [-0.39, 0.29) is 5.91 Å². The van der Waals surface area contributed by atoms with Crippen LogP contribution in [0.2, 0.25) is 0 Å². The SMILES string of the molecule is CN(C)c1ccc(C2CCN(C(=O)c3cncnc3)CC2)nc1. The van der Waals surface area contributed by atoms with Crippen LogP contribution in [-0.4, -0.2) is 52.9 Å². The maximum Gasteiger partial charge on any atom is 0.256 e. The predicted octanol–water partition coefficient (Wildman–Crippen LogP) is 1.96. The highest BCUT2D eigenvalue weighted by Crippen LogP contribution is 2.28. The zero-order valence-electron chi connectivity index (χ0n) is 13.5. The van der Waals surface area contributed by atoms with E-state index < -0.39 is 0 Å². The van der Waals surface area contributed by atoms with Gasteiger partial charge in [-0.05, 0) is 25.0 Å². The highest BCUT2D eigenvalue weighted by Gasteiger charge is 2.25. The molecule has 6 nitrogen and oxygen atoms in total. The van der Waals surface area contributed by atoms with Gasteiger partial charge in [-0.25, -0.2) is 9.97 Å². The summed E-state index contributed by atoms with van der Waals surface area (Å²) >= 11 is 0. The number of carbonyl (C=O) groups is 1. The number of rotatable bonds is 3. The second-order valence-electron chi connectivity index (χ2n) is 6.03. The van der Waals surface area contributed by atoms with Gasteiger partial charge in [-0.3, -0.25) is 9.78 Å². The Morgan fingerprint density at radius 1 is 1.13 bits per heavy atom. The predicted molar refractivity (Wildman–Crippen MR) is 88.5 cm³/mol. The summed E-state index contributed by atoms with van der Waals surface area (Å²) in [5.41, 5.74) is 2.77. The van der Waals surface area contributed by atoms with Gasteiger partial charge >= 0.3 is 0 Å². The van der Waals surface area contributed by atoms with Crippen molar-refractivity contribution in [2.45, 2.75) is 18.8 Å². The summed E-state index contributed by atoms with van der Waals surface area (Å²) < 4.78 is 0. The molecule has 1 aliphatic heterocycles. The van der Waals surface area contributed by atoms with E-state index in [0.717, 1.165) is 37.3 Å². The third kappa shape index (κ3) is 3.47. The lowest BCUT2D eigenvalue weighted by molar-refractivity contribution is 0.0711. The molecule has 3 heterocycles. The van der Waals surface area contributed by atoms with E-state index in [2.05, 4.69) is 27.1 Å². The van der Waals surface area contributed by atoms with E-state index in [9.17, 15) is 4.79 Å². The molecule has 0 unspecified atom stereocenters. The van der Waals surface area contributed by atoms with Gasteiger partial charge in [0.05, 0.1) is 17.4 Å². The first-order valence-corrected chi connectivity index (χ1v) is 7.82. The minimum absolute atomic E-state index is 0.0139. The first-order chi connectivity index (χ1) is 11.1. The number of anilines is 1. The number of aromatic nitrogens is 3. The molecular formula is C17H21N5O. The minimum Gasteiger partial charge on any atom is -0.376 e. The van der Waals surface area contributed by atoms with Crippen molar-refractivity contribution in [1.82, 2.24) is 19.9 Å². The van der Waals surface area contributed by atoms with Gasteiger partial charge < -0.3 is 9.80 Å². The van der Waals surface area contributed by atoms with Crippen LogP contribution in [0.3, 0.4) is 0 Å². The molecule has 120 valence electrons. The minimum atomic E-state index is 0.0139. The largest absolute Gasteiger partial charge is 0.376 e. The Labute approximate surface area is 136 Å². The van der Waals surface area contributed by atoms with Crippen molar-refractivity contribution >= 4 is 11.6 Å². The Bertz CT molecular complexity index is 648. The molecule has 0 spiro atoms. The van der Waals surface area contributed by atoms with Crippen molar-refractivity contribution in [2.24, 2.45) is 0 Å². The molecule has 6 heteroatoms. The van der Waals surface area contributed by atoms with Gasteiger partial charge in [0, 0.05) is 51.2 Å². The molecule has 0 N–H and O–H groups in total. The molecule has 23 heavy (non-hydrogen) atoms. The number of amides is 1. The highest BCUT2D eigenvalue weighted by molar-refractivity contribution is 5.93. The van der Waals surface area contributed by atoms with Crippen LogP contribution in [0, 0.1) is 0 Å². The number of nitrogens with zero attached hydrogens (tertiary/aromatic N) is 5. The molecule has 0 saturated carbocycles. The molecule has 1 aliphatic rings. The van der Waals surface area contributed by atoms with Gasteiger partial charge in [0.25, 0.3) is 5.91 Å². The van der Waals surface area contributed by atoms with E-state index >= 15 is 0 Å². The summed E-state index contributed by atoms with van der Waals surface area (Å²) in [6.07, 6.45) is 8.37. The van der Waals surface area contributed by atoms with Crippen LogP contribution in [0.1, 0.15) is 34.8 Å². The maximum atomic E-state index is 12.4. The fourth-order valence-electron chi connectivity index (χ4n) is 2.87. The van der Waals surface area contributed by atoms with Crippen molar-refractivity contribution in [3.8, 4) is 0 Å². The van der Waals surface area contributed by atoms with Crippen LogP contribution in [0.15, 0.2) is 37.1 Å². The molecule has 0 radical (unpaired) electrons. The number of pyridine rings is 1. The average molecular weight is 311 g/mol. The van der Waals surface area contributed by atoms with Gasteiger partial charge in [-0.2, -0.15) is 0 Å². The van der Waals surface area contributed by atoms with Crippen molar-refractivity contribution < 1.29 is 4.79 Å². The lowest BCUT2D eigenvalue weighted by Gasteiger charge is -2.31. The van der Waals surface area contributed by atoms with Crippen molar-refractivity contribution in [3.05, 3.63) is 48.3 Å². The fourth-order valence-corrected chi connectivity index (χ4v) is 2.87. The number of hydrogen-bond acceptors (Lipinski definition) is 5. The maximum absolute atomic E-state index is 12.4. The summed E-state index contributed by atoms with van der Waals surface area (Å²) in [5, 5.41) is 0. The molecule has 2 aromatic rings. The Morgan fingerprint density at radius 3 is 2.39 bits per heavy atom. The smallest absolute Gasteiger partial charge is 0.256 e. The Kier molecular flexibility index (Phi) is 4.50. The van der Waals surface area contributed by atoms with Crippen LogP contribution in [0.4, 0.5) is 5.69 Å². The molecule has 0 aliphatic carbocycles. The van der Waals surface area contributed by atoms with Gasteiger partial charge in [-0.1, -0.05) is 0 Å². The molecule has 3 rings (SSSR count). The molecule has 2 aromatic heterocycles. The monoisotopic (exact) mass is 311 g/mol. The molecule has 0 aromatic carbocycles. The van der Waals surface area contributed by atoms with Crippen molar-refractivity contribution in [3.63, 3.8) is 0 Å². The molecule has 1 amide bonds. The number of carbonyl (C=O) groups excluding carboxylic acids is 1.